The Hall–Kier alpha value is -1.19. The lowest BCUT2D eigenvalue weighted by Gasteiger charge is -2.25. The van der Waals surface area contributed by atoms with Gasteiger partial charge in [-0.25, -0.2) is 8.42 Å². The van der Waals surface area contributed by atoms with Gasteiger partial charge in [-0.3, -0.25) is 10.1 Å². The van der Waals surface area contributed by atoms with Crippen LogP contribution in [0.4, 0.5) is 10.7 Å². The van der Waals surface area contributed by atoms with Gasteiger partial charge in [0.25, 0.3) is 10.0 Å². The molecule has 1 heterocycles. The maximum Gasteiger partial charge on any atom is 0.304 e. The Bertz CT molecular complexity index is 598. The van der Waals surface area contributed by atoms with E-state index in [1.54, 1.807) is 13.8 Å². The summed E-state index contributed by atoms with van der Waals surface area (Å²) < 4.78 is 26.7. The van der Waals surface area contributed by atoms with Crippen LogP contribution in [0.15, 0.2) is 10.3 Å². The highest BCUT2D eigenvalue weighted by molar-refractivity contribution is 7.91. The SMILES string of the molecule is CCNc1sc(S(=O)(=O)N(CC)C(C)CC)cc1[N+](=O)[O-]. The van der Waals surface area contributed by atoms with Gasteiger partial charge in [0.1, 0.15) is 4.21 Å². The van der Waals surface area contributed by atoms with Gasteiger partial charge in [-0.15, -0.1) is 0 Å². The summed E-state index contributed by atoms with van der Waals surface area (Å²) >= 11 is 0.909. The van der Waals surface area contributed by atoms with Gasteiger partial charge in [-0.2, -0.15) is 4.31 Å². The van der Waals surface area contributed by atoms with Crippen molar-refractivity contribution in [3.63, 3.8) is 0 Å². The molecule has 1 aromatic rings. The summed E-state index contributed by atoms with van der Waals surface area (Å²) in [5.41, 5.74) is -0.194. The molecule has 120 valence electrons. The van der Waals surface area contributed by atoms with Crippen LogP contribution in [0.1, 0.15) is 34.1 Å². The highest BCUT2D eigenvalue weighted by atomic mass is 32.2. The van der Waals surface area contributed by atoms with E-state index in [2.05, 4.69) is 5.32 Å². The Labute approximate surface area is 129 Å². The minimum Gasteiger partial charge on any atom is -0.372 e. The highest BCUT2D eigenvalue weighted by Crippen LogP contribution is 2.38. The molecule has 0 aliphatic rings. The molecule has 7 nitrogen and oxygen atoms in total. The predicted octanol–water partition coefficient (Wildman–Crippen LogP) is 2.90. The highest BCUT2D eigenvalue weighted by Gasteiger charge is 2.32. The number of hydrogen-bond acceptors (Lipinski definition) is 6. The summed E-state index contributed by atoms with van der Waals surface area (Å²) in [6, 6.07) is 0.993. The van der Waals surface area contributed by atoms with Gasteiger partial charge < -0.3 is 5.32 Å². The van der Waals surface area contributed by atoms with Crippen molar-refractivity contribution in [2.45, 2.75) is 44.4 Å². The molecule has 0 bridgehead atoms. The second kappa shape index (κ2) is 7.19. The zero-order valence-corrected chi connectivity index (χ0v) is 14.3. The number of nitro groups is 1. The molecule has 0 aromatic carbocycles. The Kier molecular flexibility index (Phi) is 6.11. The molecule has 0 spiro atoms. The number of hydrogen-bond donors (Lipinski definition) is 1. The van der Waals surface area contributed by atoms with Gasteiger partial charge >= 0.3 is 5.69 Å². The van der Waals surface area contributed by atoms with E-state index in [1.165, 1.54) is 4.31 Å². The first-order valence-electron chi connectivity index (χ1n) is 6.83. The normalized spacial score (nSPS) is 13.4. The molecular weight excluding hydrogens is 314 g/mol. The average Bonchev–Trinajstić information content (AvgIpc) is 2.84. The fraction of sp³-hybridized carbons (Fsp3) is 0.667. The number of nitrogens with zero attached hydrogens (tertiary/aromatic N) is 2. The van der Waals surface area contributed by atoms with Gasteiger partial charge in [0.05, 0.1) is 4.92 Å². The Morgan fingerprint density at radius 2 is 2.05 bits per heavy atom. The molecule has 0 saturated carbocycles. The number of thiophene rings is 1. The molecule has 0 aliphatic carbocycles. The lowest BCUT2D eigenvalue weighted by Crippen LogP contribution is -2.37. The first-order chi connectivity index (χ1) is 9.79. The zero-order valence-electron chi connectivity index (χ0n) is 12.6. The molecule has 0 amide bonds. The fourth-order valence-electron chi connectivity index (χ4n) is 1.95. The zero-order chi connectivity index (χ0) is 16.2. The number of rotatable bonds is 8. The van der Waals surface area contributed by atoms with Crippen molar-refractivity contribution in [3.8, 4) is 0 Å². The maximum absolute atomic E-state index is 12.6. The van der Waals surface area contributed by atoms with Crippen molar-refractivity contribution in [1.29, 1.82) is 0 Å². The van der Waals surface area contributed by atoms with Gasteiger partial charge in [-0.05, 0) is 20.3 Å². The van der Waals surface area contributed by atoms with E-state index in [4.69, 9.17) is 0 Å². The van der Waals surface area contributed by atoms with Crippen molar-refractivity contribution in [1.82, 2.24) is 4.31 Å². The third kappa shape index (κ3) is 3.72. The molecule has 1 N–H and O–H groups in total. The molecule has 9 heteroatoms. The van der Waals surface area contributed by atoms with E-state index in [0.29, 0.717) is 19.5 Å². The summed E-state index contributed by atoms with van der Waals surface area (Å²) in [7, 11) is -3.71. The maximum atomic E-state index is 12.6. The number of sulfonamides is 1. The minimum absolute atomic E-state index is 0.00676. The van der Waals surface area contributed by atoms with Crippen LogP contribution in [0.2, 0.25) is 0 Å². The van der Waals surface area contributed by atoms with Gasteiger partial charge in [-0.1, -0.05) is 25.2 Å². The Morgan fingerprint density at radius 1 is 1.43 bits per heavy atom. The molecule has 0 fully saturated rings. The first-order valence-corrected chi connectivity index (χ1v) is 9.09. The van der Waals surface area contributed by atoms with Crippen LogP contribution in [0, 0.1) is 10.1 Å². The van der Waals surface area contributed by atoms with Crippen molar-refractivity contribution in [2.75, 3.05) is 18.4 Å². The van der Waals surface area contributed by atoms with Crippen LogP contribution in [0.5, 0.6) is 0 Å². The van der Waals surface area contributed by atoms with Crippen molar-refractivity contribution < 1.29 is 13.3 Å². The number of nitrogens with one attached hydrogen (secondary N) is 1. The van der Waals surface area contributed by atoms with Crippen LogP contribution in [0.25, 0.3) is 0 Å². The molecule has 21 heavy (non-hydrogen) atoms. The largest absolute Gasteiger partial charge is 0.372 e. The summed E-state index contributed by atoms with van der Waals surface area (Å²) in [6.45, 7) is 8.12. The molecule has 1 atom stereocenters. The van der Waals surface area contributed by atoms with Crippen molar-refractivity contribution in [2.24, 2.45) is 0 Å². The Morgan fingerprint density at radius 3 is 2.48 bits per heavy atom. The second-order valence-corrected chi connectivity index (χ2v) is 7.70. The molecule has 1 aromatic heterocycles. The van der Waals surface area contributed by atoms with Crippen molar-refractivity contribution >= 4 is 32.0 Å². The van der Waals surface area contributed by atoms with E-state index in [0.717, 1.165) is 17.4 Å². The summed E-state index contributed by atoms with van der Waals surface area (Å²) in [5.74, 6) is 0. The summed E-state index contributed by atoms with van der Waals surface area (Å²) in [5, 5.41) is 14.2. The van der Waals surface area contributed by atoms with E-state index < -0.39 is 14.9 Å². The van der Waals surface area contributed by atoms with Crippen LogP contribution in [0.3, 0.4) is 0 Å². The molecule has 1 rings (SSSR count). The first kappa shape index (κ1) is 17.9. The van der Waals surface area contributed by atoms with Gasteiger partial charge in [0, 0.05) is 25.2 Å². The summed E-state index contributed by atoms with van der Waals surface area (Å²) in [4.78, 5) is 10.5. The second-order valence-electron chi connectivity index (χ2n) is 4.53. The Balaban J connectivity index is 3.31. The van der Waals surface area contributed by atoms with Crippen LogP contribution in [-0.2, 0) is 10.0 Å². The molecule has 0 aliphatic heterocycles. The third-order valence-corrected chi connectivity index (χ3v) is 6.80. The van der Waals surface area contributed by atoms with Crippen molar-refractivity contribution in [3.05, 3.63) is 16.2 Å². The van der Waals surface area contributed by atoms with Crippen LogP contribution < -0.4 is 5.32 Å². The van der Waals surface area contributed by atoms with Gasteiger partial charge in [0.15, 0.2) is 5.00 Å². The predicted molar refractivity (Wildman–Crippen MR) is 84.5 cm³/mol. The van der Waals surface area contributed by atoms with Gasteiger partial charge in [0.2, 0.25) is 0 Å². The standard InChI is InChI=1S/C12H21N3O4S2/c1-5-9(4)14(7-3)21(18,19)11-8-10(15(16)17)12(20-11)13-6-2/h8-9,13H,5-7H2,1-4H3. The average molecular weight is 335 g/mol. The lowest BCUT2D eigenvalue weighted by atomic mass is 10.3. The van der Waals surface area contributed by atoms with E-state index in [-0.39, 0.29) is 20.9 Å². The fourth-order valence-corrected chi connectivity index (χ4v) is 5.19. The minimum atomic E-state index is -3.71. The van der Waals surface area contributed by atoms with E-state index >= 15 is 0 Å². The quantitative estimate of drug-likeness (QED) is 0.582. The summed E-state index contributed by atoms with van der Waals surface area (Å²) in [6.07, 6.45) is 0.681. The smallest absolute Gasteiger partial charge is 0.304 e. The molecular formula is C12H21N3O4S2. The van der Waals surface area contributed by atoms with Crippen LogP contribution in [-0.4, -0.2) is 36.8 Å². The molecule has 1 unspecified atom stereocenters. The number of anilines is 1. The molecule has 0 saturated heterocycles. The third-order valence-electron chi connectivity index (χ3n) is 3.18. The van der Waals surface area contributed by atoms with Crippen LogP contribution >= 0.6 is 11.3 Å². The van der Waals surface area contributed by atoms with E-state index in [9.17, 15) is 18.5 Å². The topological polar surface area (TPSA) is 92.6 Å². The molecule has 0 radical (unpaired) electrons. The monoisotopic (exact) mass is 335 g/mol. The lowest BCUT2D eigenvalue weighted by molar-refractivity contribution is -0.383. The van der Waals surface area contributed by atoms with E-state index in [1.807, 2.05) is 13.8 Å².